The molecule has 1 fully saturated rings. The van der Waals surface area contributed by atoms with Gasteiger partial charge in [-0.15, -0.1) is 0 Å². The summed E-state index contributed by atoms with van der Waals surface area (Å²) < 4.78 is 74.9. The highest BCUT2D eigenvalue weighted by molar-refractivity contribution is 4.96. The molecule has 1 saturated carbocycles. The van der Waals surface area contributed by atoms with Gasteiger partial charge in [0.1, 0.15) is 0 Å². The van der Waals surface area contributed by atoms with E-state index in [0.717, 1.165) is 12.8 Å². The van der Waals surface area contributed by atoms with E-state index in [1.165, 1.54) is 6.92 Å². The lowest BCUT2D eigenvalue weighted by molar-refractivity contribution is -0.373. The van der Waals surface area contributed by atoms with Crippen molar-refractivity contribution >= 4 is 0 Å². The van der Waals surface area contributed by atoms with Crippen molar-refractivity contribution in [3.8, 4) is 0 Å². The zero-order chi connectivity index (χ0) is 14.2. The molecule has 108 valence electrons. The first kappa shape index (κ1) is 15.6. The van der Waals surface area contributed by atoms with E-state index in [1.807, 2.05) is 0 Å². The van der Waals surface area contributed by atoms with Crippen LogP contribution in [0, 0.1) is 11.8 Å². The molecule has 1 nitrogen and oxygen atoms in total. The Morgan fingerprint density at radius 3 is 1.72 bits per heavy atom. The van der Waals surface area contributed by atoms with Gasteiger partial charge in [0.2, 0.25) is 0 Å². The van der Waals surface area contributed by atoms with Crippen LogP contribution in [0.4, 0.5) is 26.3 Å². The first-order chi connectivity index (χ1) is 7.99. The van der Waals surface area contributed by atoms with Crippen molar-refractivity contribution in [2.24, 2.45) is 11.8 Å². The van der Waals surface area contributed by atoms with Gasteiger partial charge in [-0.05, 0) is 18.3 Å². The summed E-state index contributed by atoms with van der Waals surface area (Å²) in [6.45, 7) is 1.35. The van der Waals surface area contributed by atoms with Crippen molar-refractivity contribution in [1.82, 2.24) is 0 Å². The molecule has 1 rings (SSSR count). The standard InChI is InChI=1S/C11H16F6O/c1-7(8-4-2-3-5-8)6-9(18,10(12,13)14)11(15,16)17/h7-8,18H,2-6H2,1H3. The monoisotopic (exact) mass is 278 g/mol. The number of rotatable bonds is 3. The minimum absolute atomic E-state index is 0.166. The smallest absolute Gasteiger partial charge is 0.374 e. The maximum absolute atomic E-state index is 12.5. The Kier molecular flexibility index (Phi) is 4.25. The molecule has 1 atom stereocenters. The molecule has 1 aliphatic rings. The predicted molar refractivity (Wildman–Crippen MR) is 52.8 cm³/mol. The molecule has 18 heavy (non-hydrogen) atoms. The Balaban J connectivity index is 2.86. The van der Waals surface area contributed by atoms with Crippen molar-refractivity contribution < 1.29 is 31.4 Å². The fraction of sp³-hybridized carbons (Fsp3) is 1.00. The van der Waals surface area contributed by atoms with E-state index in [0.29, 0.717) is 12.8 Å². The fourth-order valence-electron chi connectivity index (χ4n) is 2.55. The van der Waals surface area contributed by atoms with Crippen molar-refractivity contribution in [1.29, 1.82) is 0 Å². The van der Waals surface area contributed by atoms with E-state index in [2.05, 4.69) is 0 Å². The summed E-state index contributed by atoms with van der Waals surface area (Å²) in [5.41, 5.74) is -4.60. The highest BCUT2D eigenvalue weighted by atomic mass is 19.4. The highest BCUT2D eigenvalue weighted by Crippen LogP contribution is 2.48. The van der Waals surface area contributed by atoms with Crippen LogP contribution in [-0.2, 0) is 0 Å². The Labute approximate surface area is 101 Å². The van der Waals surface area contributed by atoms with Crippen LogP contribution >= 0.6 is 0 Å². The molecule has 1 aliphatic carbocycles. The zero-order valence-corrected chi connectivity index (χ0v) is 9.91. The van der Waals surface area contributed by atoms with Crippen LogP contribution in [0.3, 0.4) is 0 Å². The lowest BCUT2D eigenvalue weighted by Crippen LogP contribution is -2.57. The molecule has 0 aromatic rings. The first-order valence-electron chi connectivity index (χ1n) is 5.85. The van der Waals surface area contributed by atoms with E-state index in [1.54, 1.807) is 0 Å². The minimum Gasteiger partial charge on any atom is -0.374 e. The summed E-state index contributed by atoms with van der Waals surface area (Å²) >= 11 is 0. The van der Waals surface area contributed by atoms with Crippen molar-refractivity contribution in [3.63, 3.8) is 0 Å². The average Bonchev–Trinajstić information content (AvgIpc) is 2.66. The van der Waals surface area contributed by atoms with Gasteiger partial charge < -0.3 is 5.11 Å². The third-order valence-corrected chi connectivity index (χ3v) is 3.76. The summed E-state index contributed by atoms with van der Waals surface area (Å²) in [5, 5.41) is 9.07. The Hall–Kier alpha value is -0.460. The van der Waals surface area contributed by atoms with Crippen LogP contribution in [0.2, 0.25) is 0 Å². The molecule has 0 aliphatic heterocycles. The van der Waals surface area contributed by atoms with Crippen LogP contribution in [0.5, 0.6) is 0 Å². The molecule has 1 unspecified atom stereocenters. The second-order valence-corrected chi connectivity index (χ2v) is 5.08. The molecule has 0 heterocycles. The number of hydrogen-bond acceptors (Lipinski definition) is 1. The molecule has 0 radical (unpaired) electrons. The summed E-state index contributed by atoms with van der Waals surface area (Å²) in [5.74, 6) is -0.970. The molecule has 0 spiro atoms. The summed E-state index contributed by atoms with van der Waals surface area (Å²) in [4.78, 5) is 0. The van der Waals surface area contributed by atoms with Crippen LogP contribution in [-0.4, -0.2) is 23.1 Å². The second-order valence-electron chi connectivity index (χ2n) is 5.08. The van der Waals surface area contributed by atoms with E-state index >= 15 is 0 Å². The molecule has 0 amide bonds. The highest BCUT2D eigenvalue weighted by Gasteiger charge is 2.70. The molecule has 7 heteroatoms. The topological polar surface area (TPSA) is 20.2 Å². The summed E-state index contributed by atoms with van der Waals surface area (Å²) in [7, 11) is 0. The minimum atomic E-state index is -5.70. The van der Waals surface area contributed by atoms with E-state index in [9.17, 15) is 26.3 Å². The van der Waals surface area contributed by atoms with E-state index in [-0.39, 0.29) is 5.92 Å². The van der Waals surface area contributed by atoms with Gasteiger partial charge in [-0.25, -0.2) is 0 Å². The first-order valence-corrected chi connectivity index (χ1v) is 5.85. The zero-order valence-electron chi connectivity index (χ0n) is 9.91. The van der Waals surface area contributed by atoms with Crippen LogP contribution in [0.25, 0.3) is 0 Å². The molecule has 0 bridgehead atoms. The SMILES string of the molecule is CC(CC(O)(C(F)(F)F)C(F)(F)F)C1CCCC1. The van der Waals surface area contributed by atoms with Gasteiger partial charge in [0.25, 0.3) is 5.60 Å². The molecule has 0 aromatic heterocycles. The third kappa shape index (κ3) is 2.92. The van der Waals surface area contributed by atoms with E-state index in [4.69, 9.17) is 5.11 Å². The average molecular weight is 278 g/mol. The van der Waals surface area contributed by atoms with Gasteiger partial charge in [-0.1, -0.05) is 32.6 Å². The number of alkyl halides is 6. The third-order valence-electron chi connectivity index (χ3n) is 3.76. The quantitative estimate of drug-likeness (QED) is 0.772. The summed E-state index contributed by atoms with van der Waals surface area (Å²) in [6, 6.07) is 0. The lowest BCUT2D eigenvalue weighted by atomic mass is 9.82. The number of hydrogen-bond donors (Lipinski definition) is 1. The van der Waals surface area contributed by atoms with Gasteiger partial charge in [0, 0.05) is 0 Å². The van der Waals surface area contributed by atoms with Gasteiger partial charge in [-0.3, -0.25) is 0 Å². The van der Waals surface area contributed by atoms with Gasteiger partial charge >= 0.3 is 12.4 Å². The summed E-state index contributed by atoms with van der Waals surface area (Å²) in [6.07, 6.45) is -9.79. The Morgan fingerprint density at radius 2 is 1.39 bits per heavy atom. The largest absolute Gasteiger partial charge is 0.426 e. The number of aliphatic hydroxyl groups is 1. The predicted octanol–water partition coefficient (Wildman–Crippen LogP) is 4.06. The van der Waals surface area contributed by atoms with Crippen LogP contribution in [0.15, 0.2) is 0 Å². The van der Waals surface area contributed by atoms with Crippen LogP contribution in [0.1, 0.15) is 39.0 Å². The van der Waals surface area contributed by atoms with Gasteiger partial charge in [-0.2, -0.15) is 26.3 Å². The molecule has 1 N–H and O–H groups in total. The molecule has 0 aromatic carbocycles. The lowest BCUT2D eigenvalue weighted by Gasteiger charge is -2.35. The van der Waals surface area contributed by atoms with Crippen LogP contribution < -0.4 is 0 Å². The van der Waals surface area contributed by atoms with E-state index < -0.39 is 30.3 Å². The van der Waals surface area contributed by atoms with Crippen molar-refractivity contribution in [3.05, 3.63) is 0 Å². The Bertz CT molecular complexity index is 262. The maximum Gasteiger partial charge on any atom is 0.426 e. The second kappa shape index (κ2) is 4.90. The normalized spacial score (nSPS) is 21.3. The number of halogens is 6. The Morgan fingerprint density at radius 1 is 1.00 bits per heavy atom. The van der Waals surface area contributed by atoms with Gasteiger partial charge in [0.05, 0.1) is 0 Å². The van der Waals surface area contributed by atoms with Gasteiger partial charge in [0.15, 0.2) is 0 Å². The molecular weight excluding hydrogens is 262 g/mol. The van der Waals surface area contributed by atoms with Crippen molar-refractivity contribution in [2.75, 3.05) is 0 Å². The maximum atomic E-state index is 12.5. The molecular formula is C11H16F6O. The molecule has 0 saturated heterocycles. The van der Waals surface area contributed by atoms with Crippen molar-refractivity contribution in [2.45, 2.75) is 57.0 Å². The fourth-order valence-corrected chi connectivity index (χ4v) is 2.55.